The first-order chi connectivity index (χ1) is 12.6. The molecule has 1 saturated carbocycles. The van der Waals surface area contributed by atoms with E-state index in [1.807, 2.05) is 13.8 Å². The predicted octanol–water partition coefficient (Wildman–Crippen LogP) is 6.12. The summed E-state index contributed by atoms with van der Waals surface area (Å²) in [6, 6.07) is 8.61. The number of hydrogen-bond acceptors (Lipinski definition) is 3. The maximum atomic E-state index is 11.6. The van der Waals surface area contributed by atoms with Crippen molar-refractivity contribution in [2.45, 2.75) is 78.1 Å². The summed E-state index contributed by atoms with van der Waals surface area (Å²) in [6.07, 6.45) is 9.68. The van der Waals surface area contributed by atoms with E-state index in [1.54, 1.807) is 0 Å². The third-order valence-corrected chi connectivity index (χ3v) is 5.71. The van der Waals surface area contributed by atoms with Crippen LogP contribution in [0.3, 0.4) is 0 Å². The molecule has 2 rings (SSSR count). The van der Waals surface area contributed by atoms with E-state index < -0.39 is 0 Å². The van der Waals surface area contributed by atoms with E-state index in [9.17, 15) is 4.79 Å². The molecule has 0 saturated heterocycles. The van der Waals surface area contributed by atoms with Gasteiger partial charge in [-0.15, -0.1) is 0 Å². The Bertz CT molecular complexity index is 515. The average molecular weight is 361 g/mol. The lowest BCUT2D eigenvalue weighted by Crippen LogP contribution is -2.15. The van der Waals surface area contributed by atoms with Gasteiger partial charge in [-0.3, -0.25) is 4.79 Å². The largest absolute Gasteiger partial charge is 0.493 e. The second-order valence-electron chi connectivity index (χ2n) is 7.75. The van der Waals surface area contributed by atoms with Gasteiger partial charge in [0.15, 0.2) is 0 Å². The standard InChI is InChI=1S/C23H36O3/c1-4-7-19-8-10-20(11-9-19)21-12-14-22(15-13-21)25-16-6-17-26-23(24)18(3)5-2/h12-15,18-20H,4-11,16-17H2,1-3H3. The SMILES string of the molecule is CCCC1CCC(c2ccc(OCCCOC(=O)C(C)CC)cc2)CC1. The minimum atomic E-state index is -0.106. The quantitative estimate of drug-likeness (QED) is 0.372. The minimum Gasteiger partial charge on any atom is -0.493 e. The smallest absolute Gasteiger partial charge is 0.308 e. The summed E-state index contributed by atoms with van der Waals surface area (Å²) in [5, 5.41) is 0. The van der Waals surface area contributed by atoms with E-state index in [0.717, 1.165) is 30.4 Å². The maximum absolute atomic E-state index is 11.6. The number of rotatable bonds is 10. The van der Waals surface area contributed by atoms with Gasteiger partial charge in [0.25, 0.3) is 0 Å². The van der Waals surface area contributed by atoms with Crippen molar-refractivity contribution in [3.63, 3.8) is 0 Å². The fraction of sp³-hybridized carbons (Fsp3) is 0.696. The van der Waals surface area contributed by atoms with Crippen molar-refractivity contribution < 1.29 is 14.3 Å². The second-order valence-corrected chi connectivity index (χ2v) is 7.75. The molecule has 3 nitrogen and oxygen atoms in total. The number of esters is 1. The molecule has 1 aliphatic rings. The van der Waals surface area contributed by atoms with Gasteiger partial charge < -0.3 is 9.47 Å². The van der Waals surface area contributed by atoms with Gasteiger partial charge in [-0.05, 0) is 61.6 Å². The third-order valence-electron chi connectivity index (χ3n) is 5.71. The number of benzene rings is 1. The molecule has 1 aliphatic carbocycles. The van der Waals surface area contributed by atoms with Gasteiger partial charge in [-0.1, -0.05) is 45.7 Å². The molecule has 146 valence electrons. The molecule has 0 heterocycles. The van der Waals surface area contributed by atoms with Crippen LogP contribution in [-0.2, 0) is 9.53 Å². The molecule has 0 bridgehead atoms. The van der Waals surface area contributed by atoms with Crippen molar-refractivity contribution in [1.82, 2.24) is 0 Å². The Hall–Kier alpha value is -1.51. The van der Waals surface area contributed by atoms with E-state index in [2.05, 4.69) is 31.2 Å². The molecule has 1 fully saturated rings. The van der Waals surface area contributed by atoms with Crippen LogP contribution >= 0.6 is 0 Å². The van der Waals surface area contributed by atoms with Crippen LogP contribution in [0.1, 0.15) is 83.6 Å². The lowest BCUT2D eigenvalue weighted by molar-refractivity contribution is -0.148. The fourth-order valence-corrected chi connectivity index (χ4v) is 3.76. The summed E-state index contributed by atoms with van der Waals surface area (Å²) >= 11 is 0. The highest BCUT2D eigenvalue weighted by Gasteiger charge is 2.21. The molecule has 0 spiro atoms. The van der Waals surface area contributed by atoms with Gasteiger partial charge >= 0.3 is 5.97 Å². The fourth-order valence-electron chi connectivity index (χ4n) is 3.76. The van der Waals surface area contributed by atoms with Gasteiger partial charge in [-0.25, -0.2) is 0 Å². The zero-order chi connectivity index (χ0) is 18.8. The lowest BCUT2D eigenvalue weighted by Gasteiger charge is -2.28. The Balaban J connectivity index is 1.66. The molecular formula is C23H36O3. The molecule has 1 aromatic carbocycles. The van der Waals surface area contributed by atoms with Gasteiger partial charge in [-0.2, -0.15) is 0 Å². The number of hydrogen-bond donors (Lipinski definition) is 0. The molecule has 1 atom stereocenters. The van der Waals surface area contributed by atoms with Crippen LogP contribution in [-0.4, -0.2) is 19.2 Å². The first-order valence-corrected chi connectivity index (χ1v) is 10.5. The summed E-state index contributed by atoms with van der Waals surface area (Å²) in [6.45, 7) is 7.20. The Morgan fingerprint density at radius 2 is 1.77 bits per heavy atom. The summed E-state index contributed by atoms with van der Waals surface area (Å²) in [5.74, 6) is 2.46. The highest BCUT2D eigenvalue weighted by atomic mass is 16.5. The molecule has 0 N–H and O–H groups in total. The van der Waals surface area contributed by atoms with E-state index in [1.165, 1.54) is 44.1 Å². The van der Waals surface area contributed by atoms with Crippen LogP contribution in [0.4, 0.5) is 0 Å². The number of carbonyl (C=O) groups is 1. The van der Waals surface area contributed by atoms with Crippen LogP contribution in [0.15, 0.2) is 24.3 Å². The van der Waals surface area contributed by atoms with Crippen molar-refractivity contribution in [1.29, 1.82) is 0 Å². The molecule has 0 radical (unpaired) electrons. The Morgan fingerprint density at radius 1 is 1.08 bits per heavy atom. The molecule has 26 heavy (non-hydrogen) atoms. The Morgan fingerprint density at radius 3 is 2.38 bits per heavy atom. The van der Waals surface area contributed by atoms with E-state index >= 15 is 0 Å². The van der Waals surface area contributed by atoms with Crippen LogP contribution in [0.25, 0.3) is 0 Å². The van der Waals surface area contributed by atoms with Crippen molar-refractivity contribution in [2.24, 2.45) is 11.8 Å². The molecule has 0 aromatic heterocycles. The van der Waals surface area contributed by atoms with E-state index in [-0.39, 0.29) is 11.9 Å². The predicted molar refractivity (Wildman–Crippen MR) is 107 cm³/mol. The Kier molecular flexibility index (Phi) is 9.00. The molecule has 1 unspecified atom stereocenters. The Labute approximate surface area is 159 Å². The van der Waals surface area contributed by atoms with Crippen LogP contribution in [0.2, 0.25) is 0 Å². The monoisotopic (exact) mass is 360 g/mol. The maximum Gasteiger partial charge on any atom is 0.308 e. The van der Waals surface area contributed by atoms with Crippen LogP contribution < -0.4 is 4.74 Å². The zero-order valence-corrected chi connectivity index (χ0v) is 16.8. The lowest BCUT2D eigenvalue weighted by atomic mass is 9.77. The minimum absolute atomic E-state index is 0.0134. The van der Waals surface area contributed by atoms with E-state index in [4.69, 9.17) is 9.47 Å². The summed E-state index contributed by atoms with van der Waals surface area (Å²) in [4.78, 5) is 11.6. The normalized spacial score (nSPS) is 21.2. The van der Waals surface area contributed by atoms with Crippen molar-refractivity contribution in [3.05, 3.63) is 29.8 Å². The number of ether oxygens (including phenoxy) is 2. The van der Waals surface area contributed by atoms with Crippen LogP contribution in [0.5, 0.6) is 5.75 Å². The van der Waals surface area contributed by atoms with Gasteiger partial charge in [0, 0.05) is 6.42 Å². The van der Waals surface area contributed by atoms with Crippen molar-refractivity contribution in [2.75, 3.05) is 13.2 Å². The van der Waals surface area contributed by atoms with Gasteiger partial charge in [0.05, 0.1) is 19.1 Å². The topological polar surface area (TPSA) is 35.5 Å². The zero-order valence-electron chi connectivity index (χ0n) is 16.8. The second kappa shape index (κ2) is 11.3. The van der Waals surface area contributed by atoms with Crippen molar-refractivity contribution >= 4 is 5.97 Å². The molecule has 1 aromatic rings. The number of carbonyl (C=O) groups excluding carboxylic acids is 1. The molecule has 3 heteroatoms. The van der Waals surface area contributed by atoms with Crippen molar-refractivity contribution in [3.8, 4) is 5.75 Å². The summed E-state index contributed by atoms with van der Waals surface area (Å²) < 4.78 is 11.0. The molecule has 0 amide bonds. The van der Waals surface area contributed by atoms with Gasteiger partial charge in [0.1, 0.15) is 5.75 Å². The molecular weight excluding hydrogens is 324 g/mol. The first-order valence-electron chi connectivity index (χ1n) is 10.5. The third kappa shape index (κ3) is 6.66. The summed E-state index contributed by atoms with van der Waals surface area (Å²) in [7, 11) is 0. The van der Waals surface area contributed by atoms with Crippen LogP contribution in [0, 0.1) is 11.8 Å². The van der Waals surface area contributed by atoms with Gasteiger partial charge in [0.2, 0.25) is 0 Å². The van der Waals surface area contributed by atoms with E-state index in [0.29, 0.717) is 13.2 Å². The molecule has 0 aliphatic heterocycles. The summed E-state index contributed by atoms with van der Waals surface area (Å²) in [5.41, 5.74) is 1.45. The highest BCUT2D eigenvalue weighted by Crippen LogP contribution is 2.37. The average Bonchev–Trinajstić information content (AvgIpc) is 2.68. The first kappa shape index (κ1) is 20.8. The highest BCUT2D eigenvalue weighted by molar-refractivity contribution is 5.71.